The highest BCUT2D eigenvalue weighted by Crippen LogP contribution is 2.29. The van der Waals surface area contributed by atoms with Crippen molar-refractivity contribution in [3.8, 4) is 0 Å². The highest BCUT2D eigenvalue weighted by molar-refractivity contribution is 5.88. The lowest BCUT2D eigenvalue weighted by molar-refractivity contribution is -0.152. The van der Waals surface area contributed by atoms with Gasteiger partial charge in [0, 0.05) is 19.0 Å². The first-order chi connectivity index (χ1) is 13.0. The van der Waals surface area contributed by atoms with Gasteiger partial charge in [-0.2, -0.15) is 0 Å². The highest BCUT2D eigenvalue weighted by atomic mass is 16.5. The Kier molecular flexibility index (Phi) is 6.48. The van der Waals surface area contributed by atoms with Crippen LogP contribution in [0.4, 0.5) is 0 Å². The SMILES string of the molecule is C[C@@H](NC(=O)COC(=O)[C@H]1CC(=O)N(C2CCCCC2)C1)c1ccccc1. The molecule has 2 aliphatic rings. The number of carbonyl (C=O) groups excluding carboxylic acids is 3. The molecule has 1 saturated carbocycles. The standard InChI is InChI=1S/C21H28N2O4/c1-15(16-8-4-2-5-9-16)22-19(24)14-27-21(26)17-12-20(25)23(13-17)18-10-6-3-7-11-18/h2,4-5,8-9,15,17-18H,3,6-7,10-14H2,1H3,(H,22,24)/t15-,17+/m1/s1. The number of rotatable bonds is 6. The topological polar surface area (TPSA) is 75.7 Å². The van der Waals surface area contributed by atoms with Crippen LogP contribution in [0.25, 0.3) is 0 Å². The maximum Gasteiger partial charge on any atom is 0.311 e. The van der Waals surface area contributed by atoms with E-state index in [1.54, 1.807) is 0 Å². The van der Waals surface area contributed by atoms with Gasteiger partial charge in [-0.25, -0.2) is 0 Å². The van der Waals surface area contributed by atoms with Gasteiger partial charge in [0.05, 0.1) is 12.0 Å². The first kappa shape index (κ1) is 19.4. The predicted molar refractivity (Wildman–Crippen MR) is 101 cm³/mol. The van der Waals surface area contributed by atoms with Crippen molar-refractivity contribution in [2.75, 3.05) is 13.2 Å². The van der Waals surface area contributed by atoms with Crippen LogP contribution in [0.3, 0.4) is 0 Å². The lowest BCUT2D eigenvalue weighted by atomic mass is 9.94. The molecule has 0 bridgehead atoms. The summed E-state index contributed by atoms with van der Waals surface area (Å²) in [5.74, 6) is -1.22. The summed E-state index contributed by atoms with van der Waals surface area (Å²) in [5.41, 5.74) is 0.988. The van der Waals surface area contributed by atoms with E-state index in [0.29, 0.717) is 6.54 Å². The van der Waals surface area contributed by atoms with Crippen molar-refractivity contribution in [1.82, 2.24) is 10.2 Å². The Balaban J connectivity index is 1.43. The van der Waals surface area contributed by atoms with Crippen molar-refractivity contribution in [1.29, 1.82) is 0 Å². The minimum Gasteiger partial charge on any atom is -0.455 e. The van der Waals surface area contributed by atoms with E-state index in [-0.39, 0.29) is 36.9 Å². The van der Waals surface area contributed by atoms with Gasteiger partial charge in [0.2, 0.25) is 5.91 Å². The normalized spacial score (nSPS) is 21.7. The molecule has 1 aliphatic carbocycles. The first-order valence-corrected chi connectivity index (χ1v) is 9.85. The fourth-order valence-corrected chi connectivity index (χ4v) is 4.00. The fraction of sp³-hybridized carbons (Fsp3) is 0.571. The van der Waals surface area contributed by atoms with E-state index in [1.807, 2.05) is 42.2 Å². The molecular formula is C21H28N2O4. The molecule has 1 aromatic rings. The molecule has 6 heteroatoms. The maximum absolute atomic E-state index is 12.3. The molecular weight excluding hydrogens is 344 g/mol. The number of likely N-dealkylation sites (tertiary alicyclic amines) is 1. The zero-order valence-electron chi connectivity index (χ0n) is 15.9. The molecule has 1 aromatic carbocycles. The summed E-state index contributed by atoms with van der Waals surface area (Å²) in [6.45, 7) is 1.99. The Hall–Kier alpha value is -2.37. The fourth-order valence-electron chi connectivity index (χ4n) is 4.00. The number of ether oxygens (including phenoxy) is 1. The van der Waals surface area contributed by atoms with Crippen molar-refractivity contribution in [3.63, 3.8) is 0 Å². The van der Waals surface area contributed by atoms with Crippen molar-refractivity contribution in [2.45, 2.75) is 57.5 Å². The number of hydrogen-bond donors (Lipinski definition) is 1. The minimum atomic E-state index is -0.459. The summed E-state index contributed by atoms with van der Waals surface area (Å²) in [5, 5.41) is 2.82. The molecule has 2 amide bonds. The van der Waals surface area contributed by atoms with E-state index in [0.717, 1.165) is 31.2 Å². The molecule has 2 atom stereocenters. The maximum atomic E-state index is 12.3. The highest BCUT2D eigenvalue weighted by Gasteiger charge is 2.39. The Morgan fingerprint density at radius 2 is 1.89 bits per heavy atom. The Morgan fingerprint density at radius 1 is 1.19 bits per heavy atom. The molecule has 0 unspecified atom stereocenters. The average molecular weight is 372 g/mol. The van der Waals surface area contributed by atoms with Crippen LogP contribution in [0.2, 0.25) is 0 Å². The van der Waals surface area contributed by atoms with E-state index in [2.05, 4.69) is 5.32 Å². The summed E-state index contributed by atoms with van der Waals surface area (Å²) in [7, 11) is 0. The third kappa shape index (κ3) is 5.08. The number of nitrogens with zero attached hydrogens (tertiary/aromatic N) is 1. The zero-order chi connectivity index (χ0) is 19.2. The van der Waals surface area contributed by atoms with Crippen LogP contribution in [-0.4, -0.2) is 41.9 Å². The van der Waals surface area contributed by atoms with Crippen LogP contribution < -0.4 is 5.32 Å². The Morgan fingerprint density at radius 3 is 2.59 bits per heavy atom. The lowest BCUT2D eigenvalue weighted by Crippen LogP contribution is -2.38. The van der Waals surface area contributed by atoms with Gasteiger partial charge in [-0.3, -0.25) is 14.4 Å². The van der Waals surface area contributed by atoms with Crippen molar-refractivity contribution < 1.29 is 19.1 Å². The molecule has 1 saturated heterocycles. The van der Waals surface area contributed by atoms with Gasteiger partial charge in [-0.1, -0.05) is 49.6 Å². The van der Waals surface area contributed by atoms with E-state index >= 15 is 0 Å². The minimum absolute atomic E-state index is 0.0333. The third-order valence-electron chi connectivity index (χ3n) is 5.53. The summed E-state index contributed by atoms with van der Waals surface area (Å²) in [6.07, 6.45) is 5.74. The quantitative estimate of drug-likeness (QED) is 0.779. The number of amides is 2. The summed E-state index contributed by atoms with van der Waals surface area (Å²) >= 11 is 0. The summed E-state index contributed by atoms with van der Waals surface area (Å²) in [6, 6.07) is 9.70. The molecule has 1 aliphatic heterocycles. The molecule has 0 radical (unpaired) electrons. The third-order valence-corrected chi connectivity index (χ3v) is 5.53. The lowest BCUT2D eigenvalue weighted by Gasteiger charge is -2.31. The predicted octanol–water partition coefficient (Wildman–Crippen LogP) is 2.59. The van der Waals surface area contributed by atoms with Gasteiger partial charge < -0.3 is 15.0 Å². The van der Waals surface area contributed by atoms with Crippen molar-refractivity contribution >= 4 is 17.8 Å². The Bertz CT molecular complexity index is 670. The van der Waals surface area contributed by atoms with E-state index in [4.69, 9.17) is 4.74 Å². The number of esters is 1. The zero-order valence-corrected chi connectivity index (χ0v) is 15.9. The van der Waals surface area contributed by atoms with Crippen LogP contribution in [0.5, 0.6) is 0 Å². The molecule has 6 nitrogen and oxygen atoms in total. The Labute approximate surface area is 160 Å². The van der Waals surface area contributed by atoms with Gasteiger partial charge >= 0.3 is 5.97 Å². The molecule has 27 heavy (non-hydrogen) atoms. The molecule has 0 aromatic heterocycles. The number of carbonyl (C=O) groups is 3. The molecule has 0 spiro atoms. The summed E-state index contributed by atoms with van der Waals surface area (Å²) < 4.78 is 5.18. The van der Waals surface area contributed by atoms with Gasteiger partial charge in [0.25, 0.3) is 5.91 Å². The van der Waals surface area contributed by atoms with Gasteiger partial charge in [-0.05, 0) is 25.3 Å². The smallest absolute Gasteiger partial charge is 0.311 e. The van der Waals surface area contributed by atoms with Gasteiger partial charge in [-0.15, -0.1) is 0 Å². The largest absolute Gasteiger partial charge is 0.455 e. The molecule has 146 valence electrons. The molecule has 1 N–H and O–H groups in total. The second-order valence-corrected chi connectivity index (χ2v) is 7.55. The molecule has 3 rings (SSSR count). The average Bonchev–Trinajstić information content (AvgIpc) is 3.09. The van der Waals surface area contributed by atoms with Crippen LogP contribution in [-0.2, 0) is 19.1 Å². The molecule has 1 heterocycles. The van der Waals surface area contributed by atoms with Gasteiger partial charge in [0.1, 0.15) is 0 Å². The van der Waals surface area contributed by atoms with E-state index in [9.17, 15) is 14.4 Å². The second-order valence-electron chi connectivity index (χ2n) is 7.55. The van der Waals surface area contributed by atoms with Crippen LogP contribution in [0.1, 0.15) is 57.1 Å². The van der Waals surface area contributed by atoms with Crippen LogP contribution in [0.15, 0.2) is 30.3 Å². The van der Waals surface area contributed by atoms with E-state index in [1.165, 1.54) is 6.42 Å². The van der Waals surface area contributed by atoms with Crippen molar-refractivity contribution in [3.05, 3.63) is 35.9 Å². The number of benzene rings is 1. The van der Waals surface area contributed by atoms with Crippen molar-refractivity contribution in [2.24, 2.45) is 5.92 Å². The monoisotopic (exact) mass is 372 g/mol. The summed E-state index contributed by atoms with van der Waals surface area (Å²) in [4.78, 5) is 38.5. The second kappa shape index (κ2) is 9.02. The number of hydrogen-bond acceptors (Lipinski definition) is 4. The molecule has 2 fully saturated rings. The van der Waals surface area contributed by atoms with Gasteiger partial charge in [0.15, 0.2) is 6.61 Å². The van der Waals surface area contributed by atoms with Crippen LogP contribution >= 0.6 is 0 Å². The first-order valence-electron chi connectivity index (χ1n) is 9.85. The van der Waals surface area contributed by atoms with Crippen LogP contribution in [0, 0.1) is 5.92 Å². The number of nitrogens with one attached hydrogen (secondary N) is 1. The van der Waals surface area contributed by atoms with E-state index < -0.39 is 11.9 Å².